The molecule has 0 radical (unpaired) electrons. The molecule has 3 N–H and O–H groups in total. The highest BCUT2D eigenvalue weighted by atomic mass is 16.4. The highest BCUT2D eigenvalue weighted by Crippen LogP contribution is 2.38. The highest BCUT2D eigenvalue weighted by Gasteiger charge is 2.41. The van der Waals surface area contributed by atoms with Crippen molar-refractivity contribution in [3.05, 3.63) is 0 Å². The number of carboxylic acids is 1. The Balaban J connectivity index is 2.56. The van der Waals surface area contributed by atoms with Gasteiger partial charge in [-0.25, -0.2) is 0 Å². The fraction of sp³-hybridized carbons (Fsp3) is 0.846. The lowest BCUT2D eigenvalue weighted by molar-refractivity contribution is -0.146. The van der Waals surface area contributed by atoms with E-state index >= 15 is 0 Å². The van der Waals surface area contributed by atoms with Gasteiger partial charge in [0.05, 0.1) is 11.8 Å². The second-order valence-corrected chi connectivity index (χ2v) is 5.33. The van der Waals surface area contributed by atoms with Gasteiger partial charge >= 0.3 is 5.97 Å². The summed E-state index contributed by atoms with van der Waals surface area (Å²) >= 11 is 0. The molecular formula is C13H23NO4. The number of amides is 1. The average Bonchev–Trinajstić information content (AvgIpc) is 2.79. The predicted octanol–water partition coefficient (Wildman–Crippen LogP) is 0.868. The van der Waals surface area contributed by atoms with Crippen LogP contribution < -0.4 is 5.32 Å². The second kappa shape index (κ2) is 6.73. The minimum absolute atomic E-state index is 0.000559. The maximum absolute atomic E-state index is 12.0. The first-order chi connectivity index (χ1) is 8.49. The van der Waals surface area contributed by atoms with E-state index in [1.54, 1.807) is 0 Å². The van der Waals surface area contributed by atoms with Crippen molar-refractivity contribution in [1.82, 2.24) is 5.32 Å². The van der Waals surface area contributed by atoms with Crippen LogP contribution in [0.15, 0.2) is 0 Å². The molecule has 0 aliphatic heterocycles. The normalized spacial score (nSPS) is 28.9. The van der Waals surface area contributed by atoms with Crippen molar-refractivity contribution in [3.8, 4) is 0 Å². The molecule has 1 saturated carbocycles. The Morgan fingerprint density at radius 3 is 2.44 bits per heavy atom. The molecule has 0 aromatic carbocycles. The van der Waals surface area contributed by atoms with Crippen molar-refractivity contribution < 1.29 is 19.8 Å². The van der Waals surface area contributed by atoms with Crippen LogP contribution in [0.4, 0.5) is 0 Å². The van der Waals surface area contributed by atoms with Crippen molar-refractivity contribution >= 4 is 11.9 Å². The number of aliphatic hydroxyl groups excluding tert-OH is 1. The fourth-order valence-corrected chi connectivity index (χ4v) is 2.51. The maximum atomic E-state index is 12.0. The Hall–Kier alpha value is -1.10. The number of aliphatic hydroxyl groups is 1. The van der Waals surface area contributed by atoms with Gasteiger partial charge in [-0.15, -0.1) is 0 Å². The van der Waals surface area contributed by atoms with E-state index in [0.717, 1.165) is 6.42 Å². The fourth-order valence-electron chi connectivity index (χ4n) is 2.51. The lowest BCUT2D eigenvalue weighted by Gasteiger charge is -2.17. The van der Waals surface area contributed by atoms with Gasteiger partial charge in [0.25, 0.3) is 0 Å². The third kappa shape index (κ3) is 3.70. The second-order valence-electron chi connectivity index (χ2n) is 5.33. The molecule has 0 spiro atoms. The quantitative estimate of drug-likeness (QED) is 0.659. The Morgan fingerprint density at radius 2 is 1.94 bits per heavy atom. The number of nitrogens with one attached hydrogen (secondary N) is 1. The standard InChI is InChI=1S/C13H23NO4/c1-3-9-4-10(11(5-9)13(17)18)12(16)14-6-8(2)7-15/h8-11,15H,3-7H2,1-2H3,(H,14,16)(H,17,18)/t8?,9?,10-,11+/m0/s1. The third-order valence-electron chi connectivity index (χ3n) is 3.83. The molecule has 1 rings (SSSR count). The maximum Gasteiger partial charge on any atom is 0.307 e. The summed E-state index contributed by atoms with van der Waals surface area (Å²) in [5, 5.41) is 20.8. The molecule has 104 valence electrons. The van der Waals surface area contributed by atoms with E-state index in [4.69, 9.17) is 10.2 Å². The SMILES string of the molecule is CCC1C[C@H](C(=O)NCC(C)CO)[C@H](C(=O)O)C1. The van der Waals surface area contributed by atoms with Crippen LogP contribution in [0.25, 0.3) is 0 Å². The molecule has 1 aliphatic rings. The van der Waals surface area contributed by atoms with Gasteiger partial charge in [-0.2, -0.15) is 0 Å². The van der Waals surface area contributed by atoms with E-state index in [2.05, 4.69) is 5.32 Å². The Morgan fingerprint density at radius 1 is 1.33 bits per heavy atom. The van der Waals surface area contributed by atoms with Crippen LogP contribution in [0.2, 0.25) is 0 Å². The molecular weight excluding hydrogens is 234 g/mol. The van der Waals surface area contributed by atoms with Gasteiger partial charge in [-0.05, 0) is 24.7 Å². The number of rotatable bonds is 6. The minimum Gasteiger partial charge on any atom is -0.481 e. The predicted molar refractivity (Wildman–Crippen MR) is 66.9 cm³/mol. The molecule has 0 aromatic rings. The smallest absolute Gasteiger partial charge is 0.307 e. The lowest BCUT2D eigenvalue weighted by Crippen LogP contribution is -2.37. The van der Waals surface area contributed by atoms with E-state index in [-0.39, 0.29) is 18.4 Å². The summed E-state index contributed by atoms with van der Waals surface area (Å²) < 4.78 is 0. The number of carboxylic acid groups (broad SMARTS) is 1. The van der Waals surface area contributed by atoms with Crippen LogP contribution in [0, 0.1) is 23.7 Å². The molecule has 1 aliphatic carbocycles. The monoisotopic (exact) mass is 257 g/mol. The van der Waals surface area contributed by atoms with Crippen molar-refractivity contribution in [2.24, 2.45) is 23.7 Å². The summed E-state index contributed by atoms with van der Waals surface area (Å²) in [6.07, 6.45) is 2.17. The zero-order chi connectivity index (χ0) is 13.7. The Bertz CT molecular complexity index is 305. The van der Waals surface area contributed by atoms with Gasteiger partial charge in [-0.3, -0.25) is 9.59 Å². The first-order valence-corrected chi connectivity index (χ1v) is 6.60. The third-order valence-corrected chi connectivity index (χ3v) is 3.83. The summed E-state index contributed by atoms with van der Waals surface area (Å²) in [7, 11) is 0. The van der Waals surface area contributed by atoms with E-state index in [9.17, 15) is 9.59 Å². The van der Waals surface area contributed by atoms with Gasteiger partial charge in [0.1, 0.15) is 0 Å². The molecule has 1 fully saturated rings. The molecule has 18 heavy (non-hydrogen) atoms. The minimum atomic E-state index is -0.874. The zero-order valence-corrected chi connectivity index (χ0v) is 11.1. The summed E-state index contributed by atoms with van der Waals surface area (Å²) in [6.45, 7) is 4.27. The van der Waals surface area contributed by atoms with E-state index in [0.29, 0.717) is 25.3 Å². The summed E-state index contributed by atoms with van der Waals surface area (Å²) in [5.41, 5.74) is 0. The summed E-state index contributed by atoms with van der Waals surface area (Å²) in [4.78, 5) is 23.1. The number of hydrogen-bond donors (Lipinski definition) is 3. The van der Waals surface area contributed by atoms with Crippen molar-refractivity contribution in [2.45, 2.75) is 33.1 Å². The van der Waals surface area contributed by atoms with Crippen molar-refractivity contribution in [2.75, 3.05) is 13.2 Å². The molecule has 0 saturated heterocycles. The first kappa shape index (κ1) is 15.0. The van der Waals surface area contributed by atoms with Crippen LogP contribution in [0.3, 0.4) is 0 Å². The molecule has 0 aromatic heterocycles. The average molecular weight is 257 g/mol. The highest BCUT2D eigenvalue weighted by molar-refractivity contribution is 5.85. The molecule has 5 heteroatoms. The Kier molecular flexibility index (Phi) is 5.59. The first-order valence-electron chi connectivity index (χ1n) is 6.60. The van der Waals surface area contributed by atoms with E-state index in [1.165, 1.54) is 0 Å². The molecule has 5 nitrogen and oxygen atoms in total. The van der Waals surface area contributed by atoms with Crippen LogP contribution in [-0.4, -0.2) is 35.2 Å². The summed E-state index contributed by atoms with van der Waals surface area (Å²) in [6, 6.07) is 0. The van der Waals surface area contributed by atoms with Gasteiger partial charge < -0.3 is 15.5 Å². The van der Waals surface area contributed by atoms with Crippen molar-refractivity contribution in [1.29, 1.82) is 0 Å². The number of aliphatic carboxylic acids is 1. The number of hydrogen-bond acceptors (Lipinski definition) is 3. The number of carbonyl (C=O) groups is 2. The molecule has 0 bridgehead atoms. The van der Waals surface area contributed by atoms with E-state index < -0.39 is 17.8 Å². The van der Waals surface area contributed by atoms with Crippen LogP contribution in [-0.2, 0) is 9.59 Å². The lowest BCUT2D eigenvalue weighted by atomic mass is 9.95. The number of carbonyl (C=O) groups excluding carboxylic acids is 1. The van der Waals surface area contributed by atoms with Gasteiger partial charge in [0.2, 0.25) is 5.91 Å². The molecule has 1 amide bonds. The van der Waals surface area contributed by atoms with Crippen LogP contribution in [0.1, 0.15) is 33.1 Å². The van der Waals surface area contributed by atoms with E-state index in [1.807, 2.05) is 13.8 Å². The molecule has 0 heterocycles. The Labute approximate surface area is 108 Å². The topological polar surface area (TPSA) is 86.6 Å². The van der Waals surface area contributed by atoms with Crippen LogP contribution >= 0.6 is 0 Å². The van der Waals surface area contributed by atoms with Crippen molar-refractivity contribution in [3.63, 3.8) is 0 Å². The van der Waals surface area contributed by atoms with Gasteiger partial charge in [0.15, 0.2) is 0 Å². The summed E-state index contributed by atoms with van der Waals surface area (Å²) in [5.74, 6) is -1.70. The van der Waals surface area contributed by atoms with Crippen LogP contribution in [0.5, 0.6) is 0 Å². The molecule has 4 atom stereocenters. The zero-order valence-electron chi connectivity index (χ0n) is 11.1. The molecule has 2 unspecified atom stereocenters. The van der Waals surface area contributed by atoms with Gasteiger partial charge in [0, 0.05) is 13.2 Å². The van der Waals surface area contributed by atoms with Gasteiger partial charge in [-0.1, -0.05) is 20.3 Å². The largest absolute Gasteiger partial charge is 0.481 e.